The molecule has 2 aromatic heterocycles. The first-order valence-electron chi connectivity index (χ1n) is 7.15. The van der Waals surface area contributed by atoms with Crippen LogP contribution in [0.3, 0.4) is 0 Å². The van der Waals surface area contributed by atoms with Crippen molar-refractivity contribution in [3.63, 3.8) is 0 Å². The van der Waals surface area contributed by atoms with Crippen molar-refractivity contribution in [3.8, 4) is 0 Å². The maximum absolute atomic E-state index is 5.92. The summed E-state index contributed by atoms with van der Waals surface area (Å²) >= 11 is 7.90. The lowest BCUT2D eigenvalue weighted by Gasteiger charge is -2.16. The van der Waals surface area contributed by atoms with Crippen LogP contribution >= 0.6 is 23.4 Å². The molecule has 2 heterocycles. The Hall–Kier alpha value is -0.740. The number of halogens is 1. The number of nitrogens with zero attached hydrogens (tertiary/aromatic N) is 3. The fourth-order valence-corrected chi connectivity index (χ4v) is 3.33. The molecule has 0 bridgehead atoms. The standard InChI is InChI=1S/C15H22ClN3S/c1-4-20-10-8-12(3)19-14(7-9-16)18-13-6-5-11(2)17-15(13)19/h5-6,12H,4,7-10H2,1-3H3. The predicted octanol–water partition coefficient (Wildman–Crippen LogP) is 4.23. The van der Waals surface area contributed by atoms with Crippen molar-refractivity contribution in [2.75, 3.05) is 17.4 Å². The molecule has 1 atom stereocenters. The number of imidazole rings is 1. The van der Waals surface area contributed by atoms with Crippen LogP contribution < -0.4 is 0 Å². The van der Waals surface area contributed by atoms with Gasteiger partial charge in [-0.2, -0.15) is 11.8 Å². The second-order valence-electron chi connectivity index (χ2n) is 4.97. The Morgan fingerprint density at radius 1 is 1.35 bits per heavy atom. The van der Waals surface area contributed by atoms with E-state index in [2.05, 4.69) is 29.5 Å². The molecule has 0 aliphatic heterocycles. The third-order valence-electron chi connectivity index (χ3n) is 3.39. The minimum atomic E-state index is 0.409. The van der Waals surface area contributed by atoms with Gasteiger partial charge >= 0.3 is 0 Å². The zero-order valence-electron chi connectivity index (χ0n) is 12.4. The number of thioether (sulfide) groups is 1. The van der Waals surface area contributed by atoms with Gasteiger partial charge < -0.3 is 4.57 Å². The Morgan fingerprint density at radius 3 is 2.85 bits per heavy atom. The summed E-state index contributed by atoms with van der Waals surface area (Å²) in [6.07, 6.45) is 1.93. The zero-order valence-corrected chi connectivity index (χ0v) is 14.0. The highest BCUT2D eigenvalue weighted by Gasteiger charge is 2.16. The molecule has 0 saturated carbocycles. The van der Waals surface area contributed by atoms with Crippen molar-refractivity contribution in [2.45, 2.75) is 39.7 Å². The highest BCUT2D eigenvalue weighted by molar-refractivity contribution is 7.99. The van der Waals surface area contributed by atoms with Crippen LogP contribution in [0, 0.1) is 6.92 Å². The molecule has 0 spiro atoms. The summed E-state index contributed by atoms with van der Waals surface area (Å²) in [5.74, 6) is 3.99. The molecular formula is C15H22ClN3S. The van der Waals surface area contributed by atoms with Crippen molar-refractivity contribution in [1.82, 2.24) is 14.5 Å². The molecule has 20 heavy (non-hydrogen) atoms. The predicted molar refractivity (Wildman–Crippen MR) is 89.0 cm³/mol. The van der Waals surface area contributed by atoms with Crippen LogP contribution in [-0.4, -0.2) is 31.9 Å². The second-order valence-corrected chi connectivity index (χ2v) is 6.74. The normalized spacial score (nSPS) is 13.0. The number of hydrogen-bond acceptors (Lipinski definition) is 3. The summed E-state index contributed by atoms with van der Waals surface area (Å²) in [5.41, 5.74) is 3.01. The van der Waals surface area contributed by atoms with E-state index in [-0.39, 0.29) is 0 Å². The lowest BCUT2D eigenvalue weighted by Crippen LogP contribution is -2.11. The third-order valence-corrected chi connectivity index (χ3v) is 4.51. The molecule has 0 N–H and O–H groups in total. The molecule has 5 heteroatoms. The Kier molecular flexibility index (Phi) is 5.73. The van der Waals surface area contributed by atoms with Crippen LogP contribution in [0.2, 0.25) is 0 Å². The van der Waals surface area contributed by atoms with Gasteiger partial charge in [-0.25, -0.2) is 9.97 Å². The number of fused-ring (bicyclic) bond motifs is 1. The number of alkyl halides is 1. The van der Waals surface area contributed by atoms with E-state index in [9.17, 15) is 0 Å². The quantitative estimate of drug-likeness (QED) is 0.566. The average molecular weight is 312 g/mol. The summed E-state index contributed by atoms with van der Waals surface area (Å²) in [7, 11) is 0. The molecule has 0 saturated heterocycles. The third kappa shape index (κ3) is 3.47. The van der Waals surface area contributed by atoms with Gasteiger partial charge in [-0.05, 0) is 43.9 Å². The van der Waals surface area contributed by atoms with Crippen molar-refractivity contribution < 1.29 is 0 Å². The Morgan fingerprint density at radius 2 is 2.15 bits per heavy atom. The molecule has 0 radical (unpaired) electrons. The van der Waals surface area contributed by atoms with Gasteiger partial charge in [0.15, 0.2) is 5.65 Å². The first-order chi connectivity index (χ1) is 9.67. The summed E-state index contributed by atoms with van der Waals surface area (Å²) in [5, 5.41) is 0. The SMILES string of the molecule is CCSCCC(C)n1c(CCCl)nc2ccc(C)nc21. The molecule has 2 aromatic rings. The Labute approximate surface area is 130 Å². The number of pyridine rings is 1. The van der Waals surface area contributed by atoms with Gasteiger partial charge in [0, 0.05) is 24.0 Å². The fraction of sp³-hybridized carbons (Fsp3) is 0.600. The highest BCUT2D eigenvalue weighted by Crippen LogP contribution is 2.24. The van der Waals surface area contributed by atoms with Crippen LogP contribution in [0.5, 0.6) is 0 Å². The fourth-order valence-electron chi connectivity index (χ4n) is 2.37. The van der Waals surface area contributed by atoms with E-state index in [0.717, 1.165) is 35.5 Å². The van der Waals surface area contributed by atoms with Gasteiger partial charge in [0.1, 0.15) is 11.3 Å². The van der Waals surface area contributed by atoms with E-state index in [0.29, 0.717) is 11.9 Å². The van der Waals surface area contributed by atoms with Gasteiger partial charge in [-0.1, -0.05) is 6.92 Å². The van der Waals surface area contributed by atoms with Crippen molar-refractivity contribution in [1.29, 1.82) is 0 Å². The second kappa shape index (κ2) is 7.32. The maximum Gasteiger partial charge on any atom is 0.160 e. The van der Waals surface area contributed by atoms with E-state index in [1.807, 2.05) is 24.8 Å². The van der Waals surface area contributed by atoms with Gasteiger partial charge in [0.25, 0.3) is 0 Å². The van der Waals surface area contributed by atoms with Crippen molar-refractivity contribution in [2.24, 2.45) is 0 Å². The molecule has 3 nitrogen and oxygen atoms in total. The molecular weight excluding hydrogens is 290 g/mol. The molecule has 0 aromatic carbocycles. The first-order valence-corrected chi connectivity index (χ1v) is 8.84. The molecule has 0 aliphatic rings. The minimum Gasteiger partial charge on any atom is -0.310 e. The number of aryl methyl sites for hydroxylation is 2. The lowest BCUT2D eigenvalue weighted by atomic mass is 10.2. The molecule has 110 valence electrons. The van der Waals surface area contributed by atoms with E-state index < -0.39 is 0 Å². The summed E-state index contributed by atoms with van der Waals surface area (Å²) in [4.78, 5) is 9.38. The minimum absolute atomic E-state index is 0.409. The summed E-state index contributed by atoms with van der Waals surface area (Å²) in [6.45, 7) is 6.47. The van der Waals surface area contributed by atoms with Crippen molar-refractivity contribution in [3.05, 3.63) is 23.7 Å². The Balaban J connectivity index is 2.36. The van der Waals surface area contributed by atoms with Crippen LogP contribution in [0.15, 0.2) is 12.1 Å². The number of aromatic nitrogens is 3. The zero-order chi connectivity index (χ0) is 14.5. The van der Waals surface area contributed by atoms with E-state index >= 15 is 0 Å². The molecule has 1 unspecified atom stereocenters. The van der Waals surface area contributed by atoms with Crippen molar-refractivity contribution >= 4 is 34.5 Å². The maximum atomic E-state index is 5.92. The monoisotopic (exact) mass is 311 g/mol. The number of hydrogen-bond donors (Lipinski definition) is 0. The summed E-state index contributed by atoms with van der Waals surface area (Å²) < 4.78 is 2.28. The number of rotatable bonds is 7. The molecule has 0 amide bonds. The van der Waals surface area contributed by atoms with E-state index in [1.165, 1.54) is 11.5 Å². The largest absolute Gasteiger partial charge is 0.310 e. The average Bonchev–Trinajstić information content (AvgIpc) is 2.76. The van der Waals surface area contributed by atoms with Crippen LogP contribution in [0.25, 0.3) is 11.2 Å². The molecule has 0 fully saturated rings. The Bertz CT molecular complexity index is 567. The van der Waals surface area contributed by atoms with Gasteiger partial charge in [0.05, 0.1) is 0 Å². The smallest absolute Gasteiger partial charge is 0.160 e. The topological polar surface area (TPSA) is 30.7 Å². The summed E-state index contributed by atoms with van der Waals surface area (Å²) in [6, 6.07) is 4.48. The highest BCUT2D eigenvalue weighted by atomic mass is 35.5. The van der Waals surface area contributed by atoms with Crippen LogP contribution in [0.1, 0.15) is 37.8 Å². The van der Waals surface area contributed by atoms with Gasteiger partial charge in [0.2, 0.25) is 0 Å². The van der Waals surface area contributed by atoms with Gasteiger partial charge in [-0.3, -0.25) is 0 Å². The molecule has 0 aliphatic carbocycles. The van der Waals surface area contributed by atoms with Crippen LogP contribution in [-0.2, 0) is 6.42 Å². The van der Waals surface area contributed by atoms with Crippen LogP contribution in [0.4, 0.5) is 0 Å². The van der Waals surface area contributed by atoms with E-state index in [1.54, 1.807) is 0 Å². The van der Waals surface area contributed by atoms with Gasteiger partial charge in [-0.15, -0.1) is 11.6 Å². The van der Waals surface area contributed by atoms with E-state index in [4.69, 9.17) is 16.6 Å². The molecule has 2 rings (SSSR count). The lowest BCUT2D eigenvalue weighted by molar-refractivity contribution is 0.525. The first kappa shape index (κ1) is 15.6.